The Morgan fingerprint density at radius 3 is 2.26 bits per heavy atom. The number of piperazine rings is 1. The van der Waals surface area contributed by atoms with E-state index in [1.54, 1.807) is 0 Å². The molecule has 2 nitrogen and oxygen atoms in total. The maximum absolute atomic E-state index is 2.64. The normalized spacial score (nSPS) is 19.5. The topological polar surface area (TPSA) is 6.48 Å². The van der Waals surface area contributed by atoms with Crippen molar-refractivity contribution in [3.05, 3.63) is 35.9 Å². The lowest BCUT2D eigenvalue weighted by Gasteiger charge is -2.36. The van der Waals surface area contributed by atoms with Crippen LogP contribution in [0.3, 0.4) is 0 Å². The van der Waals surface area contributed by atoms with Crippen molar-refractivity contribution in [2.45, 2.75) is 33.2 Å². The van der Waals surface area contributed by atoms with Crippen LogP contribution in [0.15, 0.2) is 30.3 Å². The molecular formula is C17H28N2. The van der Waals surface area contributed by atoms with E-state index >= 15 is 0 Å². The van der Waals surface area contributed by atoms with E-state index in [0.717, 1.165) is 12.5 Å². The molecule has 0 aromatic heterocycles. The van der Waals surface area contributed by atoms with E-state index < -0.39 is 0 Å². The van der Waals surface area contributed by atoms with Gasteiger partial charge in [-0.2, -0.15) is 0 Å². The lowest BCUT2D eigenvalue weighted by Crippen LogP contribution is -2.47. The molecule has 2 rings (SSSR count). The molecule has 1 heterocycles. The van der Waals surface area contributed by atoms with Crippen molar-refractivity contribution in [2.24, 2.45) is 5.92 Å². The van der Waals surface area contributed by atoms with Gasteiger partial charge in [0.2, 0.25) is 0 Å². The van der Waals surface area contributed by atoms with Gasteiger partial charge in [0, 0.05) is 39.3 Å². The van der Waals surface area contributed by atoms with Crippen molar-refractivity contribution in [2.75, 3.05) is 32.7 Å². The van der Waals surface area contributed by atoms with Gasteiger partial charge in [-0.25, -0.2) is 0 Å². The second-order valence-electron chi connectivity index (χ2n) is 5.96. The van der Waals surface area contributed by atoms with Crippen LogP contribution >= 0.6 is 0 Å². The van der Waals surface area contributed by atoms with Crippen LogP contribution in [-0.4, -0.2) is 42.5 Å². The fourth-order valence-corrected chi connectivity index (χ4v) is 3.00. The Morgan fingerprint density at radius 2 is 1.63 bits per heavy atom. The first-order chi connectivity index (χ1) is 9.28. The van der Waals surface area contributed by atoms with Gasteiger partial charge >= 0.3 is 0 Å². The minimum atomic E-state index is 0.852. The Bertz CT molecular complexity index is 342. The summed E-state index contributed by atoms with van der Waals surface area (Å²) >= 11 is 0. The van der Waals surface area contributed by atoms with Crippen LogP contribution in [0.5, 0.6) is 0 Å². The van der Waals surface area contributed by atoms with E-state index in [1.165, 1.54) is 51.1 Å². The summed E-state index contributed by atoms with van der Waals surface area (Å²) in [4.78, 5) is 5.22. The van der Waals surface area contributed by atoms with Crippen molar-refractivity contribution in [1.82, 2.24) is 9.80 Å². The number of hydrogen-bond donors (Lipinski definition) is 0. The van der Waals surface area contributed by atoms with E-state index in [0.29, 0.717) is 0 Å². The highest BCUT2D eigenvalue weighted by Gasteiger charge is 2.18. The smallest absolute Gasteiger partial charge is 0.0234 e. The first-order valence-corrected chi connectivity index (χ1v) is 7.76. The summed E-state index contributed by atoms with van der Waals surface area (Å²) in [6.07, 6.45) is 2.68. The van der Waals surface area contributed by atoms with Gasteiger partial charge in [0.15, 0.2) is 0 Å². The quantitative estimate of drug-likeness (QED) is 0.775. The summed E-state index contributed by atoms with van der Waals surface area (Å²) in [5.74, 6) is 0.852. The molecule has 1 aliphatic heterocycles. The molecule has 0 radical (unpaired) electrons. The SMILES string of the molecule is CCCC(C)CN1CCN(Cc2ccccc2)CC1. The maximum Gasteiger partial charge on any atom is 0.0234 e. The monoisotopic (exact) mass is 260 g/mol. The second-order valence-corrected chi connectivity index (χ2v) is 5.96. The predicted molar refractivity (Wildman–Crippen MR) is 82.2 cm³/mol. The zero-order chi connectivity index (χ0) is 13.5. The lowest BCUT2D eigenvalue weighted by atomic mass is 10.1. The summed E-state index contributed by atoms with van der Waals surface area (Å²) in [6.45, 7) is 12.0. The van der Waals surface area contributed by atoms with Crippen LogP contribution in [0.4, 0.5) is 0 Å². The minimum absolute atomic E-state index is 0.852. The van der Waals surface area contributed by atoms with E-state index in [4.69, 9.17) is 0 Å². The molecule has 1 aliphatic rings. The van der Waals surface area contributed by atoms with Crippen LogP contribution in [0.25, 0.3) is 0 Å². The van der Waals surface area contributed by atoms with Gasteiger partial charge in [0.1, 0.15) is 0 Å². The lowest BCUT2D eigenvalue weighted by molar-refractivity contribution is 0.114. The van der Waals surface area contributed by atoms with E-state index in [1.807, 2.05) is 0 Å². The summed E-state index contributed by atoms with van der Waals surface area (Å²) in [5, 5.41) is 0. The van der Waals surface area contributed by atoms with Crippen molar-refractivity contribution in [3.63, 3.8) is 0 Å². The highest BCUT2D eigenvalue weighted by Crippen LogP contribution is 2.12. The highest BCUT2D eigenvalue weighted by molar-refractivity contribution is 5.14. The largest absolute Gasteiger partial charge is 0.301 e. The Hall–Kier alpha value is -0.860. The Balaban J connectivity index is 1.70. The van der Waals surface area contributed by atoms with E-state index in [2.05, 4.69) is 54.0 Å². The molecule has 106 valence electrons. The van der Waals surface area contributed by atoms with Gasteiger partial charge in [-0.05, 0) is 17.9 Å². The molecule has 1 atom stereocenters. The third kappa shape index (κ3) is 4.96. The zero-order valence-electron chi connectivity index (χ0n) is 12.5. The van der Waals surface area contributed by atoms with Gasteiger partial charge in [0.05, 0.1) is 0 Å². The van der Waals surface area contributed by atoms with Crippen LogP contribution in [0, 0.1) is 5.92 Å². The van der Waals surface area contributed by atoms with Crippen molar-refractivity contribution >= 4 is 0 Å². The predicted octanol–water partition coefficient (Wildman–Crippen LogP) is 3.24. The molecule has 1 unspecified atom stereocenters. The average Bonchev–Trinajstić information content (AvgIpc) is 2.42. The molecule has 1 saturated heterocycles. The molecule has 0 aliphatic carbocycles. The number of benzene rings is 1. The van der Waals surface area contributed by atoms with Crippen LogP contribution in [0.2, 0.25) is 0 Å². The Labute approximate surface area is 118 Å². The van der Waals surface area contributed by atoms with Gasteiger partial charge in [-0.15, -0.1) is 0 Å². The van der Waals surface area contributed by atoms with Gasteiger partial charge in [0.25, 0.3) is 0 Å². The minimum Gasteiger partial charge on any atom is -0.301 e. The third-order valence-electron chi connectivity index (χ3n) is 4.07. The molecule has 0 spiro atoms. The number of hydrogen-bond acceptors (Lipinski definition) is 2. The molecule has 0 N–H and O–H groups in total. The molecule has 0 bridgehead atoms. The van der Waals surface area contributed by atoms with Crippen molar-refractivity contribution in [1.29, 1.82) is 0 Å². The van der Waals surface area contributed by atoms with Crippen molar-refractivity contribution in [3.8, 4) is 0 Å². The standard InChI is InChI=1S/C17H28N2/c1-3-7-16(2)14-18-10-12-19(13-11-18)15-17-8-5-4-6-9-17/h4-6,8-9,16H,3,7,10-15H2,1-2H3. The van der Waals surface area contributed by atoms with Gasteiger partial charge in [-0.1, -0.05) is 50.6 Å². The summed E-state index contributed by atoms with van der Waals surface area (Å²) < 4.78 is 0. The first-order valence-electron chi connectivity index (χ1n) is 7.76. The van der Waals surface area contributed by atoms with Crippen LogP contribution in [0.1, 0.15) is 32.3 Å². The summed E-state index contributed by atoms with van der Waals surface area (Å²) in [6, 6.07) is 10.8. The Morgan fingerprint density at radius 1 is 1.00 bits per heavy atom. The average molecular weight is 260 g/mol. The van der Waals surface area contributed by atoms with Gasteiger partial charge < -0.3 is 4.90 Å². The van der Waals surface area contributed by atoms with Gasteiger partial charge in [-0.3, -0.25) is 4.90 Å². The van der Waals surface area contributed by atoms with E-state index in [-0.39, 0.29) is 0 Å². The summed E-state index contributed by atoms with van der Waals surface area (Å²) in [5.41, 5.74) is 1.44. The molecule has 1 aromatic rings. The second kappa shape index (κ2) is 7.66. The van der Waals surface area contributed by atoms with E-state index in [9.17, 15) is 0 Å². The number of rotatable bonds is 6. The maximum atomic E-state index is 2.64. The van der Waals surface area contributed by atoms with Crippen LogP contribution in [-0.2, 0) is 6.54 Å². The summed E-state index contributed by atoms with van der Waals surface area (Å²) in [7, 11) is 0. The first kappa shape index (κ1) is 14.5. The van der Waals surface area contributed by atoms with Crippen molar-refractivity contribution < 1.29 is 0 Å². The molecular weight excluding hydrogens is 232 g/mol. The molecule has 2 heteroatoms. The zero-order valence-corrected chi connectivity index (χ0v) is 12.5. The molecule has 1 aromatic carbocycles. The fraction of sp³-hybridized carbons (Fsp3) is 0.647. The molecule has 1 fully saturated rings. The third-order valence-corrected chi connectivity index (χ3v) is 4.07. The molecule has 0 saturated carbocycles. The Kier molecular flexibility index (Phi) is 5.87. The molecule has 0 amide bonds. The highest BCUT2D eigenvalue weighted by atomic mass is 15.3. The fourth-order valence-electron chi connectivity index (χ4n) is 3.00. The number of nitrogens with zero attached hydrogens (tertiary/aromatic N) is 2. The van der Waals surface area contributed by atoms with Crippen LogP contribution < -0.4 is 0 Å². The molecule has 19 heavy (non-hydrogen) atoms.